The summed E-state index contributed by atoms with van der Waals surface area (Å²) < 4.78 is 5.76. The van der Waals surface area contributed by atoms with Crippen molar-refractivity contribution in [3.05, 3.63) is 32.9 Å². The molecule has 92 valence electrons. The van der Waals surface area contributed by atoms with Crippen LogP contribution in [-0.2, 0) is 16.0 Å². The number of halogens is 2. The Hall–Kier alpha value is -0.620. The molecule has 0 heterocycles. The van der Waals surface area contributed by atoms with Gasteiger partial charge >= 0.3 is 5.97 Å². The van der Waals surface area contributed by atoms with E-state index in [-0.39, 0.29) is 17.6 Å². The average molecular weight is 367 g/mol. The number of esters is 1. The minimum Gasteiger partial charge on any atom is -0.462 e. The fourth-order valence-corrected chi connectivity index (χ4v) is 2.09. The Morgan fingerprint density at radius 1 is 1.41 bits per heavy atom. The van der Waals surface area contributed by atoms with Crippen LogP contribution in [0.5, 0.6) is 0 Å². The first-order valence-corrected chi connectivity index (χ1v) is 6.73. The molecule has 1 aromatic rings. The summed E-state index contributed by atoms with van der Waals surface area (Å²) in [5.41, 5.74) is 1.38. The fraction of sp³-hybridized carbons (Fsp3) is 0.333. The van der Waals surface area contributed by atoms with Gasteiger partial charge in [0, 0.05) is 9.99 Å². The van der Waals surface area contributed by atoms with Crippen molar-refractivity contribution in [2.45, 2.75) is 13.3 Å². The van der Waals surface area contributed by atoms with Gasteiger partial charge in [-0.3, -0.25) is 4.79 Å². The fourth-order valence-electron chi connectivity index (χ4n) is 1.29. The number of benzene rings is 1. The van der Waals surface area contributed by atoms with Gasteiger partial charge in [0.05, 0.1) is 18.1 Å². The normalized spacial score (nSPS) is 10.1. The van der Waals surface area contributed by atoms with Crippen LogP contribution in [0.2, 0.25) is 0 Å². The minimum atomic E-state index is -0.347. The number of alkyl halides is 1. The van der Waals surface area contributed by atoms with Gasteiger partial charge in [-0.15, -0.1) is 11.6 Å². The molecule has 0 spiro atoms. The molecule has 0 saturated heterocycles. The largest absolute Gasteiger partial charge is 0.462 e. The number of ketones is 1. The number of hydrogen-bond donors (Lipinski definition) is 0. The third-order valence-corrected chi connectivity index (χ3v) is 3.40. The number of ether oxygens (including phenoxy) is 1. The topological polar surface area (TPSA) is 43.4 Å². The molecule has 1 rings (SSSR count). The molecule has 0 bridgehead atoms. The molecular weight excluding hydrogens is 354 g/mol. The molecule has 0 amide bonds. The van der Waals surface area contributed by atoms with Crippen molar-refractivity contribution in [2.75, 3.05) is 12.5 Å². The van der Waals surface area contributed by atoms with E-state index in [1.165, 1.54) is 0 Å². The Morgan fingerprint density at radius 3 is 2.65 bits per heavy atom. The lowest BCUT2D eigenvalue weighted by molar-refractivity contribution is -0.116. The lowest BCUT2D eigenvalue weighted by Gasteiger charge is -2.06. The van der Waals surface area contributed by atoms with E-state index in [2.05, 4.69) is 22.6 Å². The Labute approximate surface area is 119 Å². The first kappa shape index (κ1) is 14.4. The van der Waals surface area contributed by atoms with Crippen molar-refractivity contribution in [1.82, 2.24) is 0 Å². The van der Waals surface area contributed by atoms with Crippen molar-refractivity contribution in [3.63, 3.8) is 0 Å². The summed E-state index contributed by atoms with van der Waals surface area (Å²) in [5, 5.41) is 0. The van der Waals surface area contributed by atoms with Crippen LogP contribution < -0.4 is 0 Å². The summed E-state index contributed by atoms with van der Waals surface area (Å²) in [7, 11) is 0. The van der Waals surface area contributed by atoms with Crippen LogP contribution >= 0.6 is 34.2 Å². The van der Waals surface area contributed by atoms with Gasteiger partial charge in [0.25, 0.3) is 0 Å². The molecule has 0 fully saturated rings. The second-order valence-corrected chi connectivity index (χ2v) is 4.81. The Kier molecular flexibility index (Phi) is 5.91. The van der Waals surface area contributed by atoms with E-state index < -0.39 is 0 Å². The van der Waals surface area contributed by atoms with Crippen LogP contribution in [0.4, 0.5) is 0 Å². The summed E-state index contributed by atoms with van der Waals surface area (Å²) in [5.74, 6) is -0.371. The number of carbonyl (C=O) groups excluding carboxylic acids is 2. The Balaban J connectivity index is 2.86. The molecule has 0 aromatic heterocycles. The van der Waals surface area contributed by atoms with Gasteiger partial charge in [0.15, 0.2) is 5.78 Å². The highest BCUT2D eigenvalue weighted by molar-refractivity contribution is 14.1. The maximum Gasteiger partial charge on any atom is 0.338 e. The lowest BCUT2D eigenvalue weighted by atomic mass is 10.1. The maximum atomic E-state index is 11.5. The molecule has 0 atom stereocenters. The zero-order valence-corrected chi connectivity index (χ0v) is 12.2. The van der Waals surface area contributed by atoms with Crippen LogP contribution in [0.15, 0.2) is 18.2 Å². The van der Waals surface area contributed by atoms with Crippen molar-refractivity contribution < 1.29 is 14.3 Å². The summed E-state index contributed by atoms with van der Waals surface area (Å²) in [6.07, 6.45) is 0.297. The molecule has 0 radical (unpaired) electrons. The van der Waals surface area contributed by atoms with Crippen molar-refractivity contribution >= 4 is 45.9 Å². The zero-order valence-electron chi connectivity index (χ0n) is 9.33. The Morgan fingerprint density at radius 2 is 2.12 bits per heavy atom. The van der Waals surface area contributed by atoms with Crippen molar-refractivity contribution in [3.8, 4) is 0 Å². The van der Waals surface area contributed by atoms with Crippen LogP contribution in [0.25, 0.3) is 0 Å². The standard InChI is InChI=1S/C12H12ClIO3/c1-2-17-12(16)9-4-3-8(11(14)6-9)5-10(15)7-13/h3-4,6H,2,5,7H2,1H3. The minimum absolute atomic E-state index is 0.00963. The molecule has 17 heavy (non-hydrogen) atoms. The predicted octanol–water partition coefficient (Wildman–Crippen LogP) is 2.82. The second-order valence-electron chi connectivity index (χ2n) is 3.38. The molecule has 0 saturated carbocycles. The van der Waals surface area contributed by atoms with Crippen LogP contribution in [0, 0.1) is 3.57 Å². The Bertz CT molecular complexity index is 432. The molecule has 0 aliphatic heterocycles. The molecule has 0 unspecified atom stereocenters. The number of Topliss-reactive ketones (excluding diaryl/α,β-unsaturated/α-hetero) is 1. The quantitative estimate of drug-likeness (QED) is 0.457. The number of rotatable bonds is 5. The van der Waals surface area contributed by atoms with Gasteiger partial charge in [-0.05, 0) is 47.2 Å². The zero-order chi connectivity index (χ0) is 12.8. The SMILES string of the molecule is CCOC(=O)c1ccc(CC(=O)CCl)c(I)c1. The third kappa shape index (κ3) is 4.27. The lowest BCUT2D eigenvalue weighted by Crippen LogP contribution is -2.08. The predicted molar refractivity (Wildman–Crippen MR) is 74.5 cm³/mol. The van der Waals surface area contributed by atoms with Gasteiger partial charge in [0.1, 0.15) is 0 Å². The summed E-state index contributed by atoms with van der Waals surface area (Å²) in [4.78, 5) is 22.7. The van der Waals surface area contributed by atoms with Gasteiger partial charge in [-0.1, -0.05) is 6.07 Å². The van der Waals surface area contributed by atoms with Crippen molar-refractivity contribution in [1.29, 1.82) is 0 Å². The molecule has 0 N–H and O–H groups in total. The summed E-state index contributed by atoms with van der Waals surface area (Å²) in [6, 6.07) is 5.14. The van der Waals surface area contributed by atoms with E-state index in [4.69, 9.17) is 16.3 Å². The van der Waals surface area contributed by atoms with E-state index in [0.29, 0.717) is 18.6 Å². The highest BCUT2D eigenvalue weighted by Gasteiger charge is 2.11. The van der Waals surface area contributed by atoms with Gasteiger partial charge in [0.2, 0.25) is 0 Å². The first-order valence-electron chi connectivity index (χ1n) is 5.11. The van der Waals surface area contributed by atoms with E-state index in [9.17, 15) is 9.59 Å². The molecule has 3 nitrogen and oxygen atoms in total. The van der Waals surface area contributed by atoms with Crippen molar-refractivity contribution in [2.24, 2.45) is 0 Å². The van der Waals surface area contributed by atoms with E-state index in [0.717, 1.165) is 9.13 Å². The summed E-state index contributed by atoms with van der Waals surface area (Å²) in [6.45, 7) is 2.11. The third-order valence-electron chi connectivity index (χ3n) is 2.10. The number of carbonyl (C=O) groups is 2. The van der Waals surface area contributed by atoms with E-state index >= 15 is 0 Å². The highest BCUT2D eigenvalue weighted by Crippen LogP contribution is 2.16. The molecule has 5 heteroatoms. The first-order chi connectivity index (χ1) is 8.08. The monoisotopic (exact) mass is 366 g/mol. The van der Waals surface area contributed by atoms with Gasteiger partial charge in [-0.2, -0.15) is 0 Å². The van der Waals surface area contributed by atoms with Gasteiger partial charge in [-0.25, -0.2) is 4.79 Å². The summed E-state index contributed by atoms with van der Waals surface area (Å²) >= 11 is 7.55. The van der Waals surface area contributed by atoms with E-state index in [1.54, 1.807) is 25.1 Å². The highest BCUT2D eigenvalue weighted by atomic mass is 127. The number of hydrogen-bond acceptors (Lipinski definition) is 3. The average Bonchev–Trinajstić information content (AvgIpc) is 2.31. The van der Waals surface area contributed by atoms with Crippen LogP contribution in [0.3, 0.4) is 0 Å². The second kappa shape index (κ2) is 6.96. The van der Waals surface area contributed by atoms with Crippen LogP contribution in [-0.4, -0.2) is 24.2 Å². The van der Waals surface area contributed by atoms with Gasteiger partial charge < -0.3 is 4.74 Å². The van der Waals surface area contributed by atoms with Crippen LogP contribution in [0.1, 0.15) is 22.8 Å². The maximum absolute atomic E-state index is 11.5. The van der Waals surface area contributed by atoms with E-state index in [1.807, 2.05) is 0 Å². The molecule has 0 aliphatic rings. The smallest absolute Gasteiger partial charge is 0.338 e. The molecular formula is C12H12ClIO3. The molecule has 1 aromatic carbocycles. The molecule has 0 aliphatic carbocycles.